The van der Waals surface area contributed by atoms with Gasteiger partial charge in [0.05, 0.1) is 24.6 Å². The molecule has 0 aromatic heterocycles. The fraction of sp³-hybridized carbons (Fsp3) is 0.231. The van der Waals surface area contributed by atoms with E-state index in [0.717, 1.165) is 11.1 Å². The number of phenolic OH excluding ortho intramolecular Hbond substituents is 2. The molecular weight excluding hydrogens is 404 g/mol. The second-order valence-electron chi connectivity index (χ2n) is 7.20. The van der Waals surface area contributed by atoms with Crippen LogP contribution in [-0.2, 0) is 0 Å². The van der Waals surface area contributed by atoms with Crippen LogP contribution in [0, 0.1) is 13.8 Å². The molecule has 0 saturated heterocycles. The van der Waals surface area contributed by atoms with Gasteiger partial charge in [-0.25, -0.2) is 0 Å². The minimum atomic E-state index is 0.0460. The van der Waals surface area contributed by atoms with E-state index in [1.54, 1.807) is 48.8 Å². The molecule has 0 saturated carbocycles. The van der Waals surface area contributed by atoms with Gasteiger partial charge in [0.1, 0.15) is 0 Å². The molecule has 0 amide bonds. The topological polar surface area (TPSA) is 83.6 Å². The maximum atomic E-state index is 10.4. The van der Waals surface area contributed by atoms with E-state index < -0.39 is 0 Å². The number of rotatable bonds is 8. The predicted molar refractivity (Wildman–Crippen MR) is 129 cm³/mol. The van der Waals surface area contributed by atoms with Crippen LogP contribution >= 0.6 is 0 Å². The lowest BCUT2D eigenvalue weighted by atomic mass is 10.1. The van der Waals surface area contributed by atoms with Gasteiger partial charge in [-0.1, -0.05) is 12.1 Å². The van der Waals surface area contributed by atoms with E-state index in [4.69, 9.17) is 9.47 Å². The summed E-state index contributed by atoms with van der Waals surface area (Å²) < 4.78 is 10.9. The summed E-state index contributed by atoms with van der Waals surface area (Å²) in [4.78, 5) is 9.16. The fourth-order valence-electron chi connectivity index (χ4n) is 3.10. The van der Waals surface area contributed by atoms with Crippen LogP contribution in [0.15, 0.2) is 58.5 Å². The van der Waals surface area contributed by atoms with E-state index in [9.17, 15) is 10.2 Å². The maximum absolute atomic E-state index is 10.4. The van der Waals surface area contributed by atoms with Crippen LogP contribution in [0.25, 0.3) is 0 Å². The molecular formula is C26H28N2O4. The Balaban J connectivity index is 1.97. The van der Waals surface area contributed by atoms with Gasteiger partial charge in [0.2, 0.25) is 0 Å². The standard InChI is InChI=1S/C26H28N2O4/c1-5-31-23-11-7-9-19(25(23)29)15-27-21-13-17(3)18(4)14-22(21)28-16-20-10-8-12-24(26(20)30)32-6-2/h7-16,29-30H,5-6H2,1-4H3. The summed E-state index contributed by atoms with van der Waals surface area (Å²) in [6, 6.07) is 14.5. The second-order valence-corrected chi connectivity index (χ2v) is 7.20. The van der Waals surface area contributed by atoms with Gasteiger partial charge in [-0.2, -0.15) is 0 Å². The molecule has 0 aliphatic rings. The molecule has 0 aliphatic carbocycles. The first kappa shape index (κ1) is 22.9. The first-order valence-electron chi connectivity index (χ1n) is 10.5. The van der Waals surface area contributed by atoms with Crippen LogP contribution in [0.1, 0.15) is 36.1 Å². The molecule has 0 heterocycles. The highest BCUT2D eigenvalue weighted by Gasteiger charge is 2.09. The molecule has 0 fully saturated rings. The molecule has 3 rings (SSSR count). The second kappa shape index (κ2) is 10.5. The summed E-state index contributed by atoms with van der Waals surface area (Å²) >= 11 is 0. The zero-order valence-electron chi connectivity index (χ0n) is 18.8. The van der Waals surface area contributed by atoms with E-state index >= 15 is 0 Å². The fourth-order valence-corrected chi connectivity index (χ4v) is 3.10. The van der Waals surface area contributed by atoms with Crippen molar-refractivity contribution >= 4 is 23.8 Å². The Hall–Kier alpha value is -3.80. The third-order valence-corrected chi connectivity index (χ3v) is 4.94. The van der Waals surface area contributed by atoms with Gasteiger partial charge in [-0.05, 0) is 75.2 Å². The normalized spacial score (nSPS) is 11.4. The maximum Gasteiger partial charge on any atom is 0.166 e. The molecule has 166 valence electrons. The number of para-hydroxylation sites is 2. The molecule has 3 aromatic rings. The van der Waals surface area contributed by atoms with Crippen molar-refractivity contribution in [2.24, 2.45) is 9.98 Å². The van der Waals surface area contributed by atoms with Gasteiger partial charge in [-0.3, -0.25) is 9.98 Å². The Morgan fingerprint density at radius 2 is 1.12 bits per heavy atom. The highest BCUT2D eigenvalue weighted by atomic mass is 16.5. The zero-order chi connectivity index (χ0) is 23.1. The van der Waals surface area contributed by atoms with Crippen molar-refractivity contribution in [3.8, 4) is 23.0 Å². The quantitative estimate of drug-likeness (QED) is 0.427. The number of hydrogen-bond acceptors (Lipinski definition) is 6. The summed E-state index contributed by atoms with van der Waals surface area (Å²) in [5.74, 6) is 0.924. The van der Waals surface area contributed by atoms with Gasteiger partial charge >= 0.3 is 0 Å². The Kier molecular flexibility index (Phi) is 7.49. The third-order valence-electron chi connectivity index (χ3n) is 4.94. The summed E-state index contributed by atoms with van der Waals surface area (Å²) in [6.45, 7) is 8.66. The highest BCUT2D eigenvalue weighted by molar-refractivity contribution is 5.90. The summed E-state index contributed by atoms with van der Waals surface area (Å²) in [5, 5.41) is 20.9. The largest absolute Gasteiger partial charge is 0.504 e. The van der Waals surface area contributed by atoms with Crippen molar-refractivity contribution in [3.63, 3.8) is 0 Å². The Bertz CT molecular complexity index is 1060. The van der Waals surface area contributed by atoms with Crippen LogP contribution in [-0.4, -0.2) is 35.9 Å². The molecule has 0 radical (unpaired) electrons. The number of ether oxygens (including phenoxy) is 2. The Morgan fingerprint density at radius 3 is 1.50 bits per heavy atom. The van der Waals surface area contributed by atoms with E-state index in [-0.39, 0.29) is 11.5 Å². The van der Waals surface area contributed by atoms with Crippen LogP contribution in [0.3, 0.4) is 0 Å². The van der Waals surface area contributed by atoms with E-state index in [2.05, 4.69) is 9.98 Å². The van der Waals surface area contributed by atoms with Crippen LogP contribution < -0.4 is 9.47 Å². The van der Waals surface area contributed by atoms with Crippen molar-refractivity contribution in [1.82, 2.24) is 0 Å². The van der Waals surface area contributed by atoms with Crippen LogP contribution in [0.4, 0.5) is 11.4 Å². The molecule has 0 atom stereocenters. The smallest absolute Gasteiger partial charge is 0.166 e. The first-order chi connectivity index (χ1) is 15.4. The molecule has 0 aliphatic heterocycles. The number of phenols is 2. The van der Waals surface area contributed by atoms with Gasteiger partial charge in [0.25, 0.3) is 0 Å². The molecule has 0 spiro atoms. The predicted octanol–water partition coefficient (Wildman–Crippen LogP) is 6.01. The molecule has 0 bridgehead atoms. The van der Waals surface area contributed by atoms with Gasteiger partial charge in [0, 0.05) is 23.6 Å². The number of hydrogen-bond donors (Lipinski definition) is 2. The molecule has 0 unspecified atom stereocenters. The first-order valence-corrected chi connectivity index (χ1v) is 10.5. The van der Waals surface area contributed by atoms with Gasteiger partial charge in [-0.15, -0.1) is 0 Å². The SMILES string of the molecule is CCOc1cccc(C=Nc2cc(C)c(C)cc2N=Cc2cccc(OCC)c2O)c1O. The minimum Gasteiger partial charge on any atom is -0.504 e. The average Bonchev–Trinajstić information content (AvgIpc) is 2.77. The third kappa shape index (κ3) is 5.27. The number of aryl methyl sites for hydroxylation is 2. The van der Waals surface area contributed by atoms with Crippen LogP contribution in [0.2, 0.25) is 0 Å². The lowest BCUT2D eigenvalue weighted by Crippen LogP contribution is -1.94. The highest BCUT2D eigenvalue weighted by Crippen LogP contribution is 2.34. The van der Waals surface area contributed by atoms with E-state index in [1.807, 2.05) is 39.8 Å². The van der Waals surface area contributed by atoms with Crippen molar-refractivity contribution in [2.45, 2.75) is 27.7 Å². The van der Waals surface area contributed by atoms with Gasteiger partial charge < -0.3 is 19.7 Å². The van der Waals surface area contributed by atoms with E-state index in [1.165, 1.54) is 0 Å². The van der Waals surface area contributed by atoms with Gasteiger partial charge in [0.15, 0.2) is 23.0 Å². The monoisotopic (exact) mass is 432 g/mol. The number of aromatic hydroxyl groups is 2. The molecule has 6 heteroatoms. The summed E-state index contributed by atoms with van der Waals surface area (Å²) in [7, 11) is 0. The van der Waals surface area contributed by atoms with Crippen molar-refractivity contribution in [1.29, 1.82) is 0 Å². The van der Waals surface area contributed by atoms with E-state index in [0.29, 0.717) is 47.2 Å². The summed E-state index contributed by atoms with van der Waals surface area (Å²) in [5.41, 5.74) is 4.53. The van der Waals surface area contributed by atoms with Crippen molar-refractivity contribution < 1.29 is 19.7 Å². The molecule has 32 heavy (non-hydrogen) atoms. The van der Waals surface area contributed by atoms with Crippen molar-refractivity contribution in [3.05, 3.63) is 70.8 Å². The minimum absolute atomic E-state index is 0.0460. The number of benzene rings is 3. The number of nitrogens with zero attached hydrogens (tertiary/aromatic N) is 2. The zero-order valence-corrected chi connectivity index (χ0v) is 18.8. The Labute approximate surface area is 188 Å². The van der Waals surface area contributed by atoms with Crippen molar-refractivity contribution in [2.75, 3.05) is 13.2 Å². The Morgan fingerprint density at radius 1 is 0.719 bits per heavy atom. The molecule has 3 aromatic carbocycles. The number of aliphatic imine (C=N–C) groups is 2. The molecule has 6 nitrogen and oxygen atoms in total. The summed E-state index contributed by atoms with van der Waals surface area (Å²) in [6.07, 6.45) is 3.18. The van der Waals surface area contributed by atoms with Crippen LogP contribution in [0.5, 0.6) is 23.0 Å². The lowest BCUT2D eigenvalue weighted by Gasteiger charge is -2.09. The molecule has 2 N–H and O–H groups in total. The lowest BCUT2D eigenvalue weighted by molar-refractivity contribution is 0.318. The average molecular weight is 433 g/mol.